The van der Waals surface area contributed by atoms with Gasteiger partial charge in [-0.2, -0.15) is 0 Å². The first kappa shape index (κ1) is 21.5. The molecule has 158 valence electrons. The number of anilines is 1. The molecular weight excluding hydrogens is 358 g/mol. The zero-order chi connectivity index (χ0) is 20.6. The molecule has 0 saturated carbocycles. The van der Waals surface area contributed by atoms with Gasteiger partial charge in [0.25, 0.3) is 0 Å². The van der Waals surface area contributed by atoms with Crippen molar-refractivity contribution in [3.8, 4) is 0 Å². The third-order valence-electron chi connectivity index (χ3n) is 6.50. The number of likely N-dealkylation sites (tertiary alicyclic amines) is 1. The van der Waals surface area contributed by atoms with Gasteiger partial charge in [0.15, 0.2) is 0 Å². The maximum Gasteiger partial charge on any atom is 0.222 e. The van der Waals surface area contributed by atoms with E-state index < -0.39 is 0 Å². The molecule has 3 rings (SSSR count). The zero-order valence-corrected chi connectivity index (χ0v) is 18.0. The van der Waals surface area contributed by atoms with Crippen molar-refractivity contribution >= 4 is 11.6 Å². The van der Waals surface area contributed by atoms with Crippen LogP contribution >= 0.6 is 0 Å². The third kappa shape index (κ3) is 6.38. The molecule has 2 aliphatic rings. The summed E-state index contributed by atoms with van der Waals surface area (Å²) in [5.41, 5.74) is 3.54. The van der Waals surface area contributed by atoms with Crippen molar-refractivity contribution in [3.63, 3.8) is 0 Å². The van der Waals surface area contributed by atoms with Crippen LogP contribution in [0.25, 0.3) is 0 Å². The molecule has 0 aliphatic carbocycles. The van der Waals surface area contributed by atoms with Crippen molar-refractivity contribution in [3.05, 3.63) is 54.8 Å². The number of piperidine rings is 2. The zero-order valence-electron chi connectivity index (χ0n) is 18.0. The largest absolute Gasteiger partial charge is 0.383 e. The third-order valence-corrected chi connectivity index (χ3v) is 6.50. The van der Waals surface area contributed by atoms with Gasteiger partial charge >= 0.3 is 0 Å². The summed E-state index contributed by atoms with van der Waals surface area (Å²) in [6, 6.07) is 9.28. The molecule has 0 bridgehead atoms. The fraction of sp³-hybridized carbons (Fsp3) is 0.560. The average molecular weight is 396 g/mol. The van der Waals surface area contributed by atoms with Crippen LogP contribution in [0.5, 0.6) is 0 Å². The molecule has 2 heterocycles. The Morgan fingerprint density at radius 2 is 1.76 bits per heavy atom. The van der Waals surface area contributed by atoms with Crippen LogP contribution < -0.4 is 10.2 Å². The standard InChI is InChI=1S/C25H37N3O/c1-4-21(3)26-23-14-18-28(19-15-23)25(29)7-5-6-22-12-16-27(17-13-22)24-10-8-20(2)9-11-24/h4,8-11,22-23,26H,1,3,5-7,12-19H2,2H3. The number of nitrogens with one attached hydrogen (secondary N) is 1. The predicted octanol–water partition coefficient (Wildman–Crippen LogP) is 4.66. The van der Waals surface area contributed by atoms with Crippen LogP contribution in [0, 0.1) is 12.8 Å². The van der Waals surface area contributed by atoms with Gasteiger partial charge in [0, 0.05) is 50.0 Å². The van der Waals surface area contributed by atoms with Gasteiger partial charge in [-0.25, -0.2) is 0 Å². The van der Waals surface area contributed by atoms with Gasteiger partial charge in [-0.3, -0.25) is 4.79 Å². The lowest BCUT2D eigenvalue weighted by Gasteiger charge is -2.34. The molecule has 4 heteroatoms. The van der Waals surface area contributed by atoms with E-state index in [1.165, 1.54) is 30.5 Å². The van der Waals surface area contributed by atoms with E-state index in [0.29, 0.717) is 18.4 Å². The first-order valence-electron chi connectivity index (χ1n) is 11.2. The number of carbonyl (C=O) groups is 1. The van der Waals surface area contributed by atoms with Crippen LogP contribution in [0.15, 0.2) is 49.2 Å². The minimum absolute atomic E-state index is 0.336. The number of allylic oxidation sites excluding steroid dienone is 1. The van der Waals surface area contributed by atoms with Crippen molar-refractivity contribution in [1.29, 1.82) is 0 Å². The second-order valence-electron chi connectivity index (χ2n) is 8.69. The number of rotatable bonds is 8. The van der Waals surface area contributed by atoms with Crippen LogP contribution in [-0.2, 0) is 4.79 Å². The topological polar surface area (TPSA) is 35.6 Å². The van der Waals surface area contributed by atoms with Crippen molar-refractivity contribution in [1.82, 2.24) is 10.2 Å². The Balaban J connectivity index is 1.31. The van der Waals surface area contributed by atoms with E-state index in [-0.39, 0.29) is 0 Å². The summed E-state index contributed by atoms with van der Waals surface area (Å²) < 4.78 is 0. The highest BCUT2D eigenvalue weighted by Crippen LogP contribution is 2.27. The van der Waals surface area contributed by atoms with E-state index in [1.807, 2.05) is 0 Å². The first-order valence-corrected chi connectivity index (χ1v) is 11.2. The van der Waals surface area contributed by atoms with E-state index >= 15 is 0 Å². The van der Waals surface area contributed by atoms with E-state index in [4.69, 9.17) is 0 Å². The highest BCUT2D eigenvalue weighted by Gasteiger charge is 2.23. The van der Waals surface area contributed by atoms with Gasteiger partial charge in [-0.1, -0.05) is 30.9 Å². The summed E-state index contributed by atoms with van der Waals surface area (Å²) in [7, 11) is 0. The van der Waals surface area contributed by atoms with Crippen molar-refractivity contribution in [2.75, 3.05) is 31.1 Å². The molecule has 1 N–H and O–H groups in total. The first-order chi connectivity index (χ1) is 14.0. The van der Waals surface area contributed by atoms with Crippen LogP contribution in [0.4, 0.5) is 5.69 Å². The normalized spacial score (nSPS) is 18.5. The molecule has 2 saturated heterocycles. The molecular formula is C25H37N3O. The summed E-state index contributed by atoms with van der Waals surface area (Å²) in [5.74, 6) is 1.10. The molecule has 2 aliphatic heterocycles. The maximum absolute atomic E-state index is 12.6. The van der Waals surface area contributed by atoms with Crippen LogP contribution in [0.1, 0.15) is 50.5 Å². The average Bonchev–Trinajstić information content (AvgIpc) is 2.75. The molecule has 29 heavy (non-hydrogen) atoms. The van der Waals surface area contributed by atoms with Gasteiger partial charge in [0.05, 0.1) is 0 Å². The lowest BCUT2D eigenvalue weighted by molar-refractivity contribution is -0.132. The molecule has 1 aromatic rings. The lowest BCUT2D eigenvalue weighted by Crippen LogP contribution is -2.44. The molecule has 1 amide bonds. The summed E-state index contributed by atoms with van der Waals surface area (Å²) >= 11 is 0. The number of carbonyl (C=O) groups excluding carboxylic acids is 1. The molecule has 0 atom stereocenters. The number of aryl methyl sites for hydroxylation is 1. The fourth-order valence-electron chi connectivity index (χ4n) is 4.53. The second-order valence-corrected chi connectivity index (χ2v) is 8.69. The minimum atomic E-state index is 0.336. The number of nitrogens with zero attached hydrogens (tertiary/aromatic N) is 2. The quantitative estimate of drug-likeness (QED) is 0.650. The highest BCUT2D eigenvalue weighted by molar-refractivity contribution is 5.76. The van der Waals surface area contributed by atoms with Crippen LogP contribution in [0.2, 0.25) is 0 Å². The number of benzene rings is 1. The van der Waals surface area contributed by atoms with E-state index in [1.54, 1.807) is 6.08 Å². The predicted molar refractivity (Wildman–Crippen MR) is 122 cm³/mol. The smallest absolute Gasteiger partial charge is 0.222 e. The van der Waals surface area contributed by atoms with Gasteiger partial charge in [-0.15, -0.1) is 0 Å². The highest BCUT2D eigenvalue weighted by atomic mass is 16.2. The van der Waals surface area contributed by atoms with Gasteiger partial charge < -0.3 is 15.1 Å². The Bertz CT molecular complexity index is 681. The van der Waals surface area contributed by atoms with Gasteiger partial charge in [-0.05, 0) is 69.6 Å². The Kier molecular flexibility index (Phi) is 7.79. The van der Waals surface area contributed by atoms with Crippen molar-refractivity contribution in [2.24, 2.45) is 5.92 Å². The van der Waals surface area contributed by atoms with Gasteiger partial charge in [0.1, 0.15) is 0 Å². The summed E-state index contributed by atoms with van der Waals surface area (Å²) in [4.78, 5) is 17.1. The second kappa shape index (κ2) is 10.5. The molecule has 0 unspecified atom stereocenters. The van der Waals surface area contributed by atoms with Crippen LogP contribution in [-0.4, -0.2) is 43.0 Å². The summed E-state index contributed by atoms with van der Waals surface area (Å²) in [6.45, 7) is 13.8. The molecule has 2 fully saturated rings. The molecule has 0 spiro atoms. The van der Waals surface area contributed by atoms with E-state index in [9.17, 15) is 4.79 Å². The van der Waals surface area contributed by atoms with Crippen LogP contribution in [0.3, 0.4) is 0 Å². The maximum atomic E-state index is 12.6. The lowest BCUT2D eigenvalue weighted by atomic mass is 9.91. The molecule has 1 aromatic carbocycles. The Hall–Kier alpha value is -2.23. The fourth-order valence-corrected chi connectivity index (χ4v) is 4.53. The number of hydrogen-bond acceptors (Lipinski definition) is 3. The van der Waals surface area contributed by atoms with Crippen molar-refractivity contribution < 1.29 is 4.79 Å². The monoisotopic (exact) mass is 395 g/mol. The Morgan fingerprint density at radius 3 is 2.38 bits per heavy atom. The number of amides is 1. The molecule has 0 radical (unpaired) electrons. The van der Waals surface area contributed by atoms with Crippen molar-refractivity contribution in [2.45, 2.75) is 57.9 Å². The Labute approximate surface area is 176 Å². The molecule has 0 aromatic heterocycles. The summed E-state index contributed by atoms with van der Waals surface area (Å²) in [5, 5.41) is 3.38. The number of hydrogen-bond donors (Lipinski definition) is 1. The molecule has 4 nitrogen and oxygen atoms in total. The minimum Gasteiger partial charge on any atom is -0.383 e. The Morgan fingerprint density at radius 1 is 1.10 bits per heavy atom. The van der Waals surface area contributed by atoms with Gasteiger partial charge in [0.2, 0.25) is 5.91 Å². The SMILES string of the molecule is C=CC(=C)NC1CCN(C(=O)CCCC2CCN(c3ccc(C)cc3)CC2)CC1. The van der Waals surface area contributed by atoms with E-state index in [2.05, 4.69) is 59.5 Å². The van der Waals surface area contributed by atoms with E-state index in [0.717, 1.165) is 57.1 Å². The summed E-state index contributed by atoms with van der Waals surface area (Å²) in [6.07, 6.45) is 9.15.